The molecule has 1 aromatic heterocycles. The van der Waals surface area contributed by atoms with Crippen LogP contribution in [0, 0.1) is 13.8 Å². The van der Waals surface area contributed by atoms with Crippen LogP contribution in [0.4, 0.5) is 0 Å². The number of nitrogens with zero attached hydrogens (tertiary/aromatic N) is 3. The molecule has 0 aromatic carbocycles. The zero-order valence-corrected chi connectivity index (χ0v) is 14.8. The number of nitrogens with one attached hydrogen (secondary N) is 1. The zero-order chi connectivity index (χ0) is 16.7. The van der Waals surface area contributed by atoms with Crippen LogP contribution in [0.2, 0.25) is 0 Å². The molecule has 0 aliphatic carbocycles. The van der Waals surface area contributed by atoms with E-state index in [0.717, 1.165) is 0 Å². The summed E-state index contributed by atoms with van der Waals surface area (Å²) >= 11 is 0. The molecule has 0 saturated carbocycles. The van der Waals surface area contributed by atoms with Gasteiger partial charge in [0.2, 0.25) is 20.0 Å². The van der Waals surface area contributed by atoms with Crippen LogP contribution < -0.4 is 4.72 Å². The van der Waals surface area contributed by atoms with Crippen molar-refractivity contribution >= 4 is 20.0 Å². The van der Waals surface area contributed by atoms with Crippen LogP contribution in [0.1, 0.15) is 24.2 Å². The van der Waals surface area contributed by atoms with Crippen LogP contribution >= 0.6 is 0 Å². The third-order valence-corrected chi connectivity index (χ3v) is 7.03. The quantitative estimate of drug-likeness (QED) is 0.806. The van der Waals surface area contributed by atoms with Crippen LogP contribution in [0.15, 0.2) is 4.90 Å². The average molecular weight is 350 g/mol. The van der Waals surface area contributed by atoms with E-state index < -0.39 is 20.0 Å². The predicted molar refractivity (Wildman–Crippen MR) is 82.4 cm³/mol. The predicted octanol–water partition coefficient (Wildman–Crippen LogP) is -0.261. The van der Waals surface area contributed by atoms with Crippen LogP contribution in [0.25, 0.3) is 0 Å². The topological polar surface area (TPSA) is 101 Å². The zero-order valence-electron chi connectivity index (χ0n) is 13.2. The van der Waals surface area contributed by atoms with E-state index in [1.54, 1.807) is 20.9 Å². The Hall–Kier alpha value is -0.970. The van der Waals surface area contributed by atoms with Crippen molar-refractivity contribution in [3.05, 3.63) is 11.4 Å². The Balaban J connectivity index is 2.11. The third-order valence-electron chi connectivity index (χ3n) is 3.96. The first-order valence-corrected chi connectivity index (χ1v) is 10.3. The van der Waals surface area contributed by atoms with Crippen LogP contribution in [-0.4, -0.2) is 56.3 Å². The Morgan fingerprint density at radius 2 is 1.68 bits per heavy atom. The van der Waals surface area contributed by atoms with Gasteiger partial charge in [0.15, 0.2) is 0 Å². The van der Waals surface area contributed by atoms with Crippen LogP contribution in [0.3, 0.4) is 0 Å². The van der Waals surface area contributed by atoms with E-state index in [2.05, 4.69) is 9.82 Å². The highest BCUT2D eigenvalue weighted by atomic mass is 32.2. The molecule has 10 heteroatoms. The molecule has 2 rings (SSSR count). The number of piperidine rings is 1. The van der Waals surface area contributed by atoms with Crippen LogP contribution in [0.5, 0.6) is 0 Å². The summed E-state index contributed by atoms with van der Waals surface area (Å²) in [5.74, 6) is 0. The fourth-order valence-corrected chi connectivity index (χ4v) is 5.34. The van der Waals surface area contributed by atoms with Crippen molar-refractivity contribution in [1.82, 2.24) is 18.8 Å². The minimum Gasteiger partial charge on any atom is -0.271 e. The molecule has 0 unspecified atom stereocenters. The highest BCUT2D eigenvalue weighted by Gasteiger charge is 2.30. The molecular formula is C12H22N4O4S2. The molecule has 0 radical (unpaired) electrons. The lowest BCUT2D eigenvalue weighted by Gasteiger charge is -2.30. The number of aryl methyl sites for hydroxylation is 2. The molecule has 1 aliphatic heterocycles. The largest absolute Gasteiger partial charge is 0.271 e. The molecule has 126 valence electrons. The van der Waals surface area contributed by atoms with Crippen LogP contribution in [-0.2, 0) is 27.1 Å². The maximum Gasteiger partial charge on any atom is 0.244 e. The second-order valence-corrected chi connectivity index (χ2v) is 9.31. The van der Waals surface area contributed by atoms with Crippen molar-refractivity contribution in [2.24, 2.45) is 7.05 Å². The number of aromatic nitrogens is 2. The first-order chi connectivity index (χ1) is 10.0. The van der Waals surface area contributed by atoms with E-state index in [-0.39, 0.29) is 10.9 Å². The van der Waals surface area contributed by atoms with Gasteiger partial charge in [0.05, 0.1) is 17.6 Å². The first-order valence-electron chi connectivity index (χ1n) is 7.00. The Morgan fingerprint density at radius 1 is 1.14 bits per heavy atom. The summed E-state index contributed by atoms with van der Waals surface area (Å²) < 4.78 is 53.6. The van der Waals surface area contributed by atoms with Crippen molar-refractivity contribution in [3.63, 3.8) is 0 Å². The molecule has 0 amide bonds. The molecule has 1 aromatic rings. The fraction of sp³-hybridized carbons (Fsp3) is 0.750. The van der Waals surface area contributed by atoms with Gasteiger partial charge in [-0.3, -0.25) is 4.68 Å². The second kappa shape index (κ2) is 5.91. The summed E-state index contributed by atoms with van der Waals surface area (Å²) in [4.78, 5) is 0.209. The monoisotopic (exact) mass is 350 g/mol. The molecule has 0 atom stereocenters. The Kier molecular flexibility index (Phi) is 4.67. The van der Waals surface area contributed by atoms with E-state index in [4.69, 9.17) is 0 Å². The maximum atomic E-state index is 12.5. The van der Waals surface area contributed by atoms with E-state index in [1.807, 2.05) is 0 Å². The maximum absolute atomic E-state index is 12.5. The van der Waals surface area contributed by atoms with Gasteiger partial charge in [-0.15, -0.1) is 0 Å². The molecule has 0 spiro atoms. The molecule has 1 fully saturated rings. The van der Waals surface area contributed by atoms with Crippen molar-refractivity contribution in [3.8, 4) is 0 Å². The smallest absolute Gasteiger partial charge is 0.244 e. The minimum absolute atomic E-state index is 0.209. The van der Waals surface area contributed by atoms with E-state index in [0.29, 0.717) is 37.3 Å². The van der Waals surface area contributed by atoms with Gasteiger partial charge in [-0.1, -0.05) is 0 Å². The third kappa shape index (κ3) is 3.50. The molecule has 1 N–H and O–H groups in total. The average Bonchev–Trinajstić information content (AvgIpc) is 2.62. The Bertz CT molecular complexity index is 759. The summed E-state index contributed by atoms with van der Waals surface area (Å²) in [5.41, 5.74) is 1.04. The second-order valence-electron chi connectivity index (χ2n) is 5.68. The van der Waals surface area contributed by atoms with Crippen molar-refractivity contribution in [2.45, 2.75) is 37.6 Å². The van der Waals surface area contributed by atoms with E-state index in [1.165, 1.54) is 15.2 Å². The molecular weight excluding hydrogens is 328 g/mol. The highest BCUT2D eigenvalue weighted by molar-refractivity contribution is 7.89. The highest BCUT2D eigenvalue weighted by Crippen LogP contribution is 2.21. The summed E-state index contributed by atoms with van der Waals surface area (Å²) in [7, 11) is -5.17. The van der Waals surface area contributed by atoms with Gasteiger partial charge in [0.25, 0.3) is 0 Å². The number of hydrogen-bond donors (Lipinski definition) is 1. The summed E-state index contributed by atoms with van der Waals surface area (Å²) in [6.45, 7) is 4.03. The first kappa shape index (κ1) is 17.4. The Morgan fingerprint density at radius 3 is 2.09 bits per heavy atom. The van der Waals surface area contributed by atoms with Gasteiger partial charge < -0.3 is 0 Å². The molecule has 1 saturated heterocycles. The van der Waals surface area contributed by atoms with Crippen molar-refractivity contribution in [2.75, 3.05) is 19.3 Å². The van der Waals surface area contributed by atoms with E-state index >= 15 is 0 Å². The summed E-state index contributed by atoms with van der Waals surface area (Å²) in [6.07, 6.45) is 2.09. The normalized spacial score (nSPS) is 18.7. The molecule has 22 heavy (non-hydrogen) atoms. The van der Waals surface area contributed by atoms with Gasteiger partial charge >= 0.3 is 0 Å². The summed E-state index contributed by atoms with van der Waals surface area (Å²) in [6, 6.07) is -0.262. The van der Waals surface area contributed by atoms with Crippen molar-refractivity contribution < 1.29 is 16.8 Å². The molecule has 8 nitrogen and oxygen atoms in total. The number of rotatable bonds is 4. The molecule has 0 bridgehead atoms. The fourth-order valence-electron chi connectivity index (χ4n) is 2.73. The molecule has 1 aliphatic rings. The van der Waals surface area contributed by atoms with Gasteiger partial charge in [0.1, 0.15) is 4.90 Å². The summed E-state index contributed by atoms with van der Waals surface area (Å²) in [5, 5.41) is 4.12. The number of sulfonamides is 2. The lowest BCUT2D eigenvalue weighted by Crippen LogP contribution is -2.46. The lowest BCUT2D eigenvalue weighted by molar-refractivity contribution is 0.310. The standard InChI is InChI=1S/C12H22N4O4S2/c1-9-12(10(2)15(3)13-9)22(19,20)14-11-5-7-16(8-6-11)21(4,17)18/h11,14H,5-8H2,1-4H3. The van der Waals surface area contributed by atoms with Gasteiger partial charge in [-0.05, 0) is 26.7 Å². The van der Waals surface area contributed by atoms with Gasteiger partial charge in [-0.25, -0.2) is 25.9 Å². The SMILES string of the molecule is Cc1nn(C)c(C)c1S(=O)(=O)NC1CCN(S(C)(=O)=O)CC1. The van der Waals surface area contributed by atoms with Gasteiger partial charge in [-0.2, -0.15) is 5.10 Å². The number of hydrogen-bond acceptors (Lipinski definition) is 5. The van der Waals surface area contributed by atoms with Crippen molar-refractivity contribution in [1.29, 1.82) is 0 Å². The minimum atomic E-state index is -3.65. The Labute approximate surface area is 131 Å². The molecule has 2 heterocycles. The van der Waals surface area contributed by atoms with Gasteiger partial charge in [0, 0.05) is 26.2 Å². The van der Waals surface area contributed by atoms with E-state index in [9.17, 15) is 16.8 Å². The lowest BCUT2D eigenvalue weighted by atomic mass is 10.1.